The number of carbonyl (C=O) groups is 1. The average molecular weight is 372 g/mol. The number of aromatic nitrogens is 1. The molecule has 1 atom stereocenters. The molecule has 2 aromatic heterocycles. The molecule has 0 aromatic carbocycles. The highest BCUT2D eigenvalue weighted by Crippen LogP contribution is 2.33. The highest BCUT2D eigenvalue weighted by Gasteiger charge is 2.25. The van der Waals surface area contributed by atoms with E-state index in [2.05, 4.69) is 28.9 Å². The Morgan fingerprint density at radius 3 is 2.85 bits per heavy atom. The molecule has 2 saturated heterocycles. The Bertz CT molecular complexity index is 762. The van der Waals surface area contributed by atoms with E-state index in [1.807, 2.05) is 23.2 Å². The zero-order chi connectivity index (χ0) is 17.9. The molecule has 6 heteroatoms. The van der Waals surface area contributed by atoms with E-state index in [-0.39, 0.29) is 12.0 Å². The van der Waals surface area contributed by atoms with E-state index in [4.69, 9.17) is 4.74 Å². The minimum absolute atomic E-state index is 0.160. The number of ether oxygens (including phenoxy) is 1. The highest BCUT2D eigenvalue weighted by molar-refractivity contribution is 7.14. The minimum Gasteiger partial charge on any atom is -0.373 e. The van der Waals surface area contributed by atoms with E-state index in [1.54, 1.807) is 11.3 Å². The van der Waals surface area contributed by atoms with Gasteiger partial charge in [-0.2, -0.15) is 0 Å². The molecule has 138 valence electrons. The number of pyridine rings is 1. The second kappa shape index (κ2) is 7.86. The zero-order valence-electron chi connectivity index (χ0n) is 15.2. The molecule has 0 aliphatic carbocycles. The van der Waals surface area contributed by atoms with Crippen LogP contribution in [-0.4, -0.2) is 53.5 Å². The molecule has 0 spiro atoms. The van der Waals surface area contributed by atoms with E-state index < -0.39 is 0 Å². The number of amides is 1. The molecule has 2 aliphatic heterocycles. The van der Waals surface area contributed by atoms with Gasteiger partial charge in [0, 0.05) is 50.4 Å². The summed E-state index contributed by atoms with van der Waals surface area (Å²) in [5.41, 5.74) is 2.36. The predicted octanol–water partition coefficient (Wildman–Crippen LogP) is 3.26. The van der Waals surface area contributed by atoms with Crippen LogP contribution >= 0.6 is 11.3 Å². The Hall–Kier alpha value is -1.76. The molecule has 2 fully saturated rings. The summed E-state index contributed by atoms with van der Waals surface area (Å²) in [5.74, 6) is 0.160. The van der Waals surface area contributed by atoms with Crippen LogP contribution in [0.4, 0.5) is 0 Å². The van der Waals surface area contributed by atoms with Crippen molar-refractivity contribution < 1.29 is 9.53 Å². The van der Waals surface area contributed by atoms with E-state index in [0.29, 0.717) is 0 Å². The maximum atomic E-state index is 12.8. The molecule has 26 heavy (non-hydrogen) atoms. The molecule has 4 rings (SSSR count). The Kier molecular flexibility index (Phi) is 5.33. The molecule has 1 amide bonds. The lowest BCUT2D eigenvalue weighted by molar-refractivity contribution is 0.0631. The molecule has 2 aromatic rings. The van der Waals surface area contributed by atoms with Crippen molar-refractivity contribution in [1.29, 1.82) is 0 Å². The first-order valence-electron chi connectivity index (χ1n) is 9.34. The molecule has 5 nitrogen and oxygen atoms in total. The monoisotopic (exact) mass is 371 g/mol. The van der Waals surface area contributed by atoms with E-state index in [1.165, 1.54) is 10.4 Å². The largest absolute Gasteiger partial charge is 0.373 e. The Morgan fingerprint density at radius 1 is 1.27 bits per heavy atom. The second-order valence-electron chi connectivity index (χ2n) is 7.04. The van der Waals surface area contributed by atoms with Crippen molar-refractivity contribution in [3.05, 3.63) is 51.5 Å². The summed E-state index contributed by atoms with van der Waals surface area (Å²) in [4.78, 5) is 23.7. The Balaban J connectivity index is 1.33. The minimum atomic E-state index is 0.160. The van der Waals surface area contributed by atoms with Gasteiger partial charge in [0.1, 0.15) is 0 Å². The fourth-order valence-corrected chi connectivity index (χ4v) is 4.66. The third-order valence-electron chi connectivity index (χ3n) is 5.24. The molecule has 0 unspecified atom stereocenters. The van der Waals surface area contributed by atoms with Crippen LogP contribution in [0.3, 0.4) is 0 Å². The van der Waals surface area contributed by atoms with Gasteiger partial charge in [-0.3, -0.25) is 14.7 Å². The van der Waals surface area contributed by atoms with Gasteiger partial charge < -0.3 is 9.64 Å². The Labute approximate surface area is 158 Å². The van der Waals surface area contributed by atoms with Gasteiger partial charge >= 0.3 is 0 Å². The van der Waals surface area contributed by atoms with Crippen molar-refractivity contribution in [3.8, 4) is 0 Å². The SMILES string of the molecule is Cc1cccnc1CN1CCN(C(=O)c2ccc([C@@H]3CCCO3)s2)CC1. The number of rotatable bonds is 4. The summed E-state index contributed by atoms with van der Waals surface area (Å²) >= 11 is 1.60. The van der Waals surface area contributed by atoms with Crippen LogP contribution in [0.25, 0.3) is 0 Å². The lowest BCUT2D eigenvalue weighted by Crippen LogP contribution is -2.48. The van der Waals surface area contributed by atoms with Crippen molar-refractivity contribution in [2.75, 3.05) is 32.8 Å². The number of thiophene rings is 1. The Morgan fingerprint density at radius 2 is 2.12 bits per heavy atom. The van der Waals surface area contributed by atoms with Crippen molar-refractivity contribution in [1.82, 2.24) is 14.8 Å². The van der Waals surface area contributed by atoms with Gasteiger partial charge in [-0.25, -0.2) is 0 Å². The molecule has 0 N–H and O–H groups in total. The number of hydrogen-bond acceptors (Lipinski definition) is 5. The number of hydrogen-bond donors (Lipinski definition) is 0. The summed E-state index contributed by atoms with van der Waals surface area (Å²) < 4.78 is 5.73. The van der Waals surface area contributed by atoms with Crippen molar-refractivity contribution in [2.45, 2.75) is 32.4 Å². The van der Waals surface area contributed by atoms with Gasteiger partial charge in [0.2, 0.25) is 0 Å². The average Bonchev–Trinajstić information content (AvgIpc) is 3.35. The van der Waals surface area contributed by atoms with E-state index >= 15 is 0 Å². The molecular formula is C20H25N3O2S. The summed E-state index contributed by atoms with van der Waals surface area (Å²) in [6.45, 7) is 7.14. The highest BCUT2D eigenvalue weighted by atomic mass is 32.1. The van der Waals surface area contributed by atoms with Crippen LogP contribution in [0.5, 0.6) is 0 Å². The number of nitrogens with zero attached hydrogens (tertiary/aromatic N) is 3. The fourth-order valence-electron chi connectivity index (χ4n) is 3.60. The molecule has 0 bridgehead atoms. The zero-order valence-corrected chi connectivity index (χ0v) is 16.0. The fraction of sp³-hybridized carbons (Fsp3) is 0.500. The van der Waals surface area contributed by atoms with Gasteiger partial charge in [-0.15, -0.1) is 11.3 Å². The molecule has 2 aliphatic rings. The quantitative estimate of drug-likeness (QED) is 0.828. The van der Waals surface area contributed by atoms with Gasteiger partial charge in [0.25, 0.3) is 5.91 Å². The summed E-state index contributed by atoms with van der Waals surface area (Å²) in [7, 11) is 0. The maximum Gasteiger partial charge on any atom is 0.264 e. The first-order chi connectivity index (χ1) is 12.7. The van der Waals surface area contributed by atoms with Crippen molar-refractivity contribution in [2.24, 2.45) is 0 Å². The maximum absolute atomic E-state index is 12.8. The topological polar surface area (TPSA) is 45.7 Å². The van der Waals surface area contributed by atoms with Gasteiger partial charge in [0.15, 0.2) is 0 Å². The lowest BCUT2D eigenvalue weighted by Gasteiger charge is -2.34. The predicted molar refractivity (Wildman–Crippen MR) is 102 cm³/mol. The van der Waals surface area contributed by atoms with Crippen LogP contribution in [0, 0.1) is 6.92 Å². The van der Waals surface area contributed by atoms with E-state index in [0.717, 1.165) is 62.7 Å². The molecule has 0 saturated carbocycles. The number of piperazine rings is 1. The van der Waals surface area contributed by atoms with Crippen molar-refractivity contribution >= 4 is 17.2 Å². The van der Waals surface area contributed by atoms with Crippen LogP contribution in [0.1, 0.15) is 44.8 Å². The smallest absolute Gasteiger partial charge is 0.264 e. The van der Waals surface area contributed by atoms with Crippen LogP contribution in [0.15, 0.2) is 30.5 Å². The normalized spacial score (nSPS) is 21.3. The van der Waals surface area contributed by atoms with Crippen LogP contribution < -0.4 is 0 Å². The number of aryl methyl sites for hydroxylation is 1. The molecule has 4 heterocycles. The van der Waals surface area contributed by atoms with Crippen molar-refractivity contribution in [3.63, 3.8) is 0 Å². The third kappa shape index (κ3) is 3.82. The summed E-state index contributed by atoms with van der Waals surface area (Å²) in [6.07, 6.45) is 4.23. The lowest BCUT2D eigenvalue weighted by atomic mass is 10.2. The first-order valence-corrected chi connectivity index (χ1v) is 10.2. The molecular weight excluding hydrogens is 346 g/mol. The van der Waals surface area contributed by atoms with Crippen LogP contribution in [0.2, 0.25) is 0 Å². The second-order valence-corrected chi connectivity index (χ2v) is 8.15. The van der Waals surface area contributed by atoms with Gasteiger partial charge in [-0.05, 0) is 43.5 Å². The summed E-state index contributed by atoms with van der Waals surface area (Å²) in [6, 6.07) is 8.10. The van der Waals surface area contributed by atoms with Gasteiger partial charge in [0.05, 0.1) is 16.7 Å². The standard InChI is InChI=1S/C20H25N3O2S/c1-15-4-2-8-21-16(15)14-22-9-11-23(12-10-22)20(24)19-7-6-18(26-19)17-5-3-13-25-17/h2,4,6-8,17H,3,5,9-14H2,1H3/t17-/m0/s1. The third-order valence-corrected chi connectivity index (χ3v) is 6.40. The van der Waals surface area contributed by atoms with Gasteiger partial charge in [-0.1, -0.05) is 6.07 Å². The summed E-state index contributed by atoms with van der Waals surface area (Å²) in [5, 5.41) is 0. The number of carbonyl (C=O) groups excluding carboxylic acids is 1. The van der Waals surface area contributed by atoms with Crippen LogP contribution in [-0.2, 0) is 11.3 Å². The first kappa shape index (κ1) is 17.6. The molecule has 0 radical (unpaired) electrons. The van der Waals surface area contributed by atoms with E-state index in [9.17, 15) is 4.79 Å².